The molecule has 0 atom stereocenters. The molecule has 0 fully saturated rings. The van der Waals surface area contributed by atoms with Crippen LogP contribution in [0.1, 0.15) is 35.9 Å². The number of hydrogen-bond donors (Lipinski definition) is 1. The van der Waals surface area contributed by atoms with E-state index < -0.39 is 0 Å². The van der Waals surface area contributed by atoms with Crippen LogP contribution in [0.2, 0.25) is 0 Å². The van der Waals surface area contributed by atoms with Gasteiger partial charge in [0.2, 0.25) is 0 Å². The Labute approximate surface area is 132 Å². The van der Waals surface area contributed by atoms with E-state index in [1.807, 2.05) is 6.07 Å². The van der Waals surface area contributed by atoms with E-state index in [9.17, 15) is 0 Å². The van der Waals surface area contributed by atoms with Gasteiger partial charge in [-0.25, -0.2) is 4.98 Å². The fourth-order valence-electron chi connectivity index (χ4n) is 2.95. The number of hydrogen-bond acceptors (Lipinski definition) is 2. The summed E-state index contributed by atoms with van der Waals surface area (Å²) < 4.78 is 2.24. The maximum Gasteiger partial charge on any atom is 0.139 e. The lowest BCUT2D eigenvalue weighted by Gasteiger charge is -2.11. The summed E-state index contributed by atoms with van der Waals surface area (Å²) in [5, 5.41) is 3.60. The molecule has 0 radical (unpaired) electrons. The second kappa shape index (κ2) is 6.22. The minimum absolute atomic E-state index is 0.818. The first-order valence-corrected chi connectivity index (χ1v) is 7.95. The molecule has 2 aromatic heterocycles. The number of nitrogens with one attached hydrogen (secondary N) is 1. The zero-order chi connectivity index (χ0) is 15.5. The van der Waals surface area contributed by atoms with Crippen molar-refractivity contribution < 1.29 is 0 Å². The zero-order valence-corrected chi connectivity index (χ0v) is 13.6. The highest BCUT2D eigenvalue weighted by Crippen LogP contribution is 2.23. The lowest BCUT2D eigenvalue weighted by molar-refractivity contribution is 0.890. The molecule has 0 saturated heterocycles. The van der Waals surface area contributed by atoms with E-state index in [1.54, 1.807) is 0 Å². The fourth-order valence-corrected chi connectivity index (χ4v) is 2.95. The van der Waals surface area contributed by atoms with Crippen LogP contribution >= 0.6 is 0 Å². The van der Waals surface area contributed by atoms with E-state index in [0.717, 1.165) is 36.5 Å². The number of anilines is 1. The van der Waals surface area contributed by atoms with Crippen molar-refractivity contribution in [2.75, 3.05) is 5.32 Å². The van der Waals surface area contributed by atoms with E-state index in [2.05, 4.69) is 66.9 Å². The highest BCUT2D eigenvalue weighted by Gasteiger charge is 2.13. The highest BCUT2D eigenvalue weighted by molar-refractivity contribution is 5.58. The Bertz CT molecular complexity index is 772. The third kappa shape index (κ3) is 2.84. The number of fused-ring (bicyclic) bond motifs is 1. The van der Waals surface area contributed by atoms with Crippen LogP contribution in [0.3, 0.4) is 0 Å². The van der Waals surface area contributed by atoms with Gasteiger partial charge in [-0.15, -0.1) is 0 Å². The monoisotopic (exact) mass is 293 g/mol. The fraction of sp³-hybridized carbons (Fsp3) is 0.316. The van der Waals surface area contributed by atoms with Crippen LogP contribution in [0.25, 0.3) is 5.65 Å². The molecule has 0 spiro atoms. The first kappa shape index (κ1) is 14.6. The third-order valence-electron chi connectivity index (χ3n) is 3.91. The van der Waals surface area contributed by atoms with E-state index in [1.165, 1.54) is 16.8 Å². The maximum atomic E-state index is 4.84. The molecule has 0 saturated carbocycles. The number of nitrogens with zero attached hydrogens (tertiary/aromatic N) is 2. The molecule has 0 aliphatic rings. The van der Waals surface area contributed by atoms with Gasteiger partial charge in [-0.1, -0.05) is 43.7 Å². The Balaban J connectivity index is 2.00. The van der Waals surface area contributed by atoms with Gasteiger partial charge in [0.15, 0.2) is 0 Å². The normalized spacial score (nSPS) is 11.0. The smallest absolute Gasteiger partial charge is 0.139 e. The molecule has 1 aromatic carbocycles. The van der Waals surface area contributed by atoms with Gasteiger partial charge in [-0.05, 0) is 43.5 Å². The van der Waals surface area contributed by atoms with Gasteiger partial charge in [0.1, 0.15) is 11.5 Å². The summed E-state index contributed by atoms with van der Waals surface area (Å²) in [6.45, 7) is 7.28. The predicted octanol–water partition coefficient (Wildman–Crippen LogP) is 4.52. The van der Waals surface area contributed by atoms with Crippen molar-refractivity contribution in [1.29, 1.82) is 0 Å². The topological polar surface area (TPSA) is 29.3 Å². The second-order valence-corrected chi connectivity index (χ2v) is 5.86. The lowest BCUT2D eigenvalue weighted by atomic mass is 10.2. The minimum Gasteiger partial charge on any atom is -0.366 e. The molecule has 3 rings (SSSR count). The predicted molar refractivity (Wildman–Crippen MR) is 92.4 cm³/mol. The summed E-state index contributed by atoms with van der Waals surface area (Å²) in [5.41, 5.74) is 5.96. The minimum atomic E-state index is 0.818. The van der Waals surface area contributed by atoms with Crippen LogP contribution < -0.4 is 5.32 Å². The van der Waals surface area contributed by atoms with Crippen LogP contribution in [-0.2, 0) is 13.0 Å². The zero-order valence-electron chi connectivity index (χ0n) is 13.6. The molecule has 3 heteroatoms. The average Bonchev–Trinajstić information content (AvgIpc) is 2.84. The Morgan fingerprint density at radius 1 is 1.09 bits per heavy atom. The number of imidazole rings is 1. The van der Waals surface area contributed by atoms with Gasteiger partial charge < -0.3 is 5.32 Å². The summed E-state index contributed by atoms with van der Waals surface area (Å²) in [6.07, 6.45) is 2.10. The largest absolute Gasteiger partial charge is 0.366 e. The Morgan fingerprint density at radius 2 is 1.86 bits per heavy atom. The quantitative estimate of drug-likeness (QED) is 0.749. The Morgan fingerprint density at radius 3 is 2.59 bits per heavy atom. The van der Waals surface area contributed by atoms with Crippen LogP contribution in [-0.4, -0.2) is 9.38 Å². The van der Waals surface area contributed by atoms with Gasteiger partial charge >= 0.3 is 0 Å². The van der Waals surface area contributed by atoms with Gasteiger partial charge in [0, 0.05) is 12.2 Å². The number of rotatable bonds is 5. The summed E-state index contributed by atoms with van der Waals surface area (Å²) >= 11 is 0. The molecule has 22 heavy (non-hydrogen) atoms. The molecule has 3 nitrogen and oxygen atoms in total. The molecule has 2 heterocycles. The van der Waals surface area contributed by atoms with Crippen LogP contribution in [0.15, 0.2) is 42.5 Å². The van der Waals surface area contributed by atoms with E-state index in [0.29, 0.717) is 0 Å². The van der Waals surface area contributed by atoms with Crippen molar-refractivity contribution in [3.63, 3.8) is 0 Å². The summed E-state index contributed by atoms with van der Waals surface area (Å²) in [7, 11) is 0. The molecular weight excluding hydrogens is 270 g/mol. The summed E-state index contributed by atoms with van der Waals surface area (Å²) in [4.78, 5) is 4.84. The van der Waals surface area contributed by atoms with Crippen molar-refractivity contribution in [2.45, 2.75) is 40.2 Å². The van der Waals surface area contributed by atoms with E-state index in [4.69, 9.17) is 4.98 Å². The molecule has 0 bridgehead atoms. The molecule has 0 aliphatic carbocycles. The first-order chi connectivity index (χ1) is 10.7. The van der Waals surface area contributed by atoms with Gasteiger partial charge in [0.05, 0.1) is 5.69 Å². The number of aromatic nitrogens is 2. The van der Waals surface area contributed by atoms with Crippen molar-refractivity contribution in [3.05, 3.63) is 65.0 Å². The van der Waals surface area contributed by atoms with Gasteiger partial charge in [-0.2, -0.15) is 0 Å². The molecule has 1 N–H and O–H groups in total. The van der Waals surface area contributed by atoms with Gasteiger partial charge in [0.25, 0.3) is 0 Å². The number of benzene rings is 1. The first-order valence-electron chi connectivity index (χ1n) is 7.95. The average molecular weight is 293 g/mol. The SMILES string of the molecule is CCCc1nc2cc(C)cc(C)n2c1NCc1ccccc1. The molecular formula is C19H23N3. The second-order valence-electron chi connectivity index (χ2n) is 5.86. The standard InChI is InChI=1S/C19H23N3/c1-4-8-17-19(20-13-16-9-6-5-7-10-16)22-15(3)11-14(2)12-18(22)21-17/h5-7,9-12,20H,4,8,13H2,1-3H3. The van der Waals surface area contributed by atoms with Crippen molar-refractivity contribution in [2.24, 2.45) is 0 Å². The van der Waals surface area contributed by atoms with Crippen molar-refractivity contribution >= 4 is 11.5 Å². The third-order valence-corrected chi connectivity index (χ3v) is 3.91. The molecule has 0 aliphatic heterocycles. The van der Waals surface area contributed by atoms with E-state index >= 15 is 0 Å². The van der Waals surface area contributed by atoms with Gasteiger partial charge in [-0.3, -0.25) is 4.40 Å². The molecule has 3 aromatic rings. The molecule has 0 unspecified atom stereocenters. The van der Waals surface area contributed by atoms with Crippen LogP contribution in [0, 0.1) is 13.8 Å². The Hall–Kier alpha value is -2.29. The van der Waals surface area contributed by atoms with Crippen molar-refractivity contribution in [3.8, 4) is 0 Å². The van der Waals surface area contributed by atoms with Crippen molar-refractivity contribution in [1.82, 2.24) is 9.38 Å². The number of aryl methyl sites for hydroxylation is 3. The summed E-state index contributed by atoms with van der Waals surface area (Å²) in [5.74, 6) is 1.14. The van der Waals surface area contributed by atoms with Crippen LogP contribution in [0.4, 0.5) is 5.82 Å². The van der Waals surface area contributed by atoms with E-state index in [-0.39, 0.29) is 0 Å². The lowest BCUT2D eigenvalue weighted by Crippen LogP contribution is -2.06. The van der Waals surface area contributed by atoms with Crippen LogP contribution in [0.5, 0.6) is 0 Å². The Kier molecular flexibility index (Phi) is 4.14. The summed E-state index contributed by atoms with van der Waals surface area (Å²) in [6, 6.07) is 14.9. The molecule has 114 valence electrons. The number of pyridine rings is 1. The highest BCUT2D eigenvalue weighted by atomic mass is 15.1. The maximum absolute atomic E-state index is 4.84. The molecule has 0 amide bonds.